The smallest absolute Gasteiger partial charge is 0.137 e. The summed E-state index contributed by atoms with van der Waals surface area (Å²) in [7, 11) is 0. The third-order valence-electron chi connectivity index (χ3n) is 3.39. The van der Waals surface area contributed by atoms with E-state index in [4.69, 9.17) is 0 Å². The van der Waals surface area contributed by atoms with Crippen LogP contribution in [0.2, 0.25) is 0 Å². The Morgan fingerprint density at radius 2 is 1.89 bits per heavy atom. The van der Waals surface area contributed by atoms with E-state index in [9.17, 15) is 4.39 Å². The third-order valence-corrected chi connectivity index (χ3v) is 4.04. The number of hydrogen-bond donors (Lipinski definition) is 1. The van der Waals surface area contributed by atoms with Crippen molar-refractivity contribution in [1.29, 1.82) is 0 Å². The lowest BCUT2D eigenvalue weighted by Gasteiger charge is -2.18. The standard InChI is InChI=1S/C16H25BrFN/c1-3-5-6-7-8-9-16(19-4-2)13-10-11-14(17)15(18)12-13/h10-12,16,19H,3-9H2,1-2H3. The van der Waals surface area contributed by atoms with Gasteiger partial charge in [-0.15, -0.1) is 0 Å². The first-order valence-electron chi connectivity index (χ1n) is 7.37. The van der Waals surface area contributed by atoms with Gasteiger partial charge in [0.05, 0.1) is 4.47 Å². The molecule has 0 aliphatic carbocycles. The van der Waals surface area contributed by atoms with E-state index in [-0.39, 0.29) is 11.9 Å². The third kappa shape index (κ3) is 6.05. The number of hydrogen-bond acceptors (Lipinski definition) is 1. The first-order valence-corrected chi connectivity index (χ1v) is 8.16. The van der Waals surface area contributed by atoms with Crippen LogP contribution in [0.5, 0.6) is 0 Å². The lowest BCUT2D eigenvalue weighted by molar-refractivity contribution is 0.476. The fourth-order valence-electron chi connectivity index (χ4n) is 2.31. The van der Waals surface area contributed by atoms with Crippen LogP contribution >= 0.6 is 15.9 Å². The lowest BCUT2D eigenvalue weighted by atomic mass is 9.99. The van der Waals surface area contributed by atoms with Gasteiger partial charge >= 0.3 is 0 Å². The van der Waals surface area contributed by atoms with Gasteiger partial charge in [-0.2, -0.15) is 0 Å². The summed E-state index contributed by atoms with van der Waals surface area (Å²) in [5.74, 6) is -0.175. The average molecular weight is 330 g/mol. The molecule has 1 atom stereocenters. The number of halogens is 2. The molecule has 1 nitrogen and oxygen atoms in total. The van der Waals surface area contributed by atoms with Crippen molar-refractivity contribution in [3.8, 4) is 0 Å². The van der Waals surface area contributed by atoms with Gasteiger partial charge < -0.3 is 5.32 Å². The first kappa shape index (κ1) is 16.6. The summed E-state index contributed by atoms with van der Waals surface area (Å²) in [4.78, 5) is 0. The van der Waals surface area contributed by atoms with Crippen LogP contribution < -0.4 is 5.32 Å². The summed E-state index contributed by atoms with van der Waals surface area (Å²) in [6.07, 6.45) is 7.46. The molecule has 1 aromatic rings. The van der Waals surface area contributed by atoms with Gasteiger partial charge in [0.2, 0.25) is 0 Å². The van der Waals surface area contributed by atoms with E-state index >= 15 is 0 Å². The Balaban J connectivity index is 2.53. The molecule has 1 N–H and O–H groups in total. The van der Waals surface area contributed by atoms with Gasteiger partial charge in [-0.25, -0.2) is 4.39 Å². The molecule has 1 unspecified atom stereocenters. The highest BCUT2D eigenvalue weighted by atomic mass is 79.9. The molecule has 0 aliphatic heterocycles. The van der Waals surface area contributed by atoms with Crippen LogP contribution in [-0.4, -0.2) is 6.54 Å². The van der Waals surface area contributed by atoms with Crippen molar-refractivity contribution in [2.75, 3.05) is 6.54 Å². The Bertz CT molecular complexity index is 368. The van der Waals surface area contributed by atoms with Gasteiger partial charge in [0, 0.05) is 6.04 Å². The van der Waals surface area contributed by atoms with Gasteiger partial charge in [-0.3, -0.25) is 0 Å². The lowest BCUT2D eigenvalue weighted by Crippen LogP contribution is -2.21. The molecule has 0 aliphatic rings. The van der Waals surface area contributed by atoms with E-state index in [2.05, 4.69) is 35.1 Å². The Hall–Kier alpha value is -0.410. The summed E-state index contributed by atoms with van der Waals surface area (Å²) in [6, 6.07) is 5.72. The summed E-state index contributed by atoms with van der Waals surface area (Å²) < 4.78 is 14.1. The monoisotopic (exact) mass is 329 g/mol. The van der Waals surface area contributed by atoms with Crippen molar-refractivity contribution >= 4 is 15.9 Å². The zero-order valence-electron chi connectivity index (χ0n) is 12.0. The molecule has 0 fully saturated rings. The van der Waals surface area contributed by atoms with E-state index in [1.807, 2.05) is 6.07 Å². The Kier molecular flexibility index (Phi) is 8.31. The predicted octanol–water partition coefficient (Wildman–Crippen LogP) is 5.60. The number of rotatable bonds is 9. The molecule has 0 aromatic heterocycles. The molecule has 0 saturated carbocycles. The minimum absolute atomic E-state index is 0.175. The quantitative estimate of drug-likeness (QED) is 0.581. The predicted molar refractivity (Wildman–Crippen MR) is 83.9 cm³/mol. The van der Waals surface area contributed by atoms with Crippen molar-refractivity contribution in [3.63, 3.8) is 0 Å². The van der Waals surface area contributed by atoms with E-state index in [1.165, 1.54) is 32.1 Å². The molecule has 108 valence electrons. The fraction of sp³-hybridized carbons (Fsp3) is 0.625. The second-order valence-electron chi connectivity index (χ2n) is 4.99. The van der Waals surface area contributed by atoms with Crippen molar-refractivity contribution in [2.24, 2.45) is 0 Å². The second kappa shape index (κ2) is 9.49. The van der Waals surface area contributed by atoms with Gasteiger partial charge in [0.15, 0.2) is 0 Å². The average Bonchev–Trinajstić information content (AvgIpc) is 2.40. The Morgan fingerprint density at radius 3 is 2.53 bits per heavy atom. The molecule has 19 heavy (non-hydrogen) atoms. The molecule has 1 rings (SSSR count). The molecule has 0 spiro atoms. The molecule has 3 heteroatoms. The van der Waals surface area contributed by atoms with E-state index < -0.39 is 0 Å². The molecule has 0 radical (unpaired) electrons. The van der Waals surface area contributed by atoms with Crippen LogP contribution in [-0.2, 0) is 0 Å². The minimum Gasteiger partial charge on any atom is -0.310 e. The highest BCUT2D eigenvalue weighted by molar-refractivity contribution is 9.10. The molecular formula is C16H25BrFN. The topological polar surface area (TPSA) is 12.0 Å². The van der Waals surface area contributed by atoms with Crippen LogP contribution in [0.25, 0.3) is 0 Å². The summed E-state index contributed by atoms with van der Waals surface area (Å²) in [6.45, 7) is 5.24. The maximum Gasteiger partial charge on any atom is 0.137 e. The number of nitrogens with one attached hydrogen (secondary N) is 1. The zero-order valence-corrected chi connectivity index (χ0v) is 13.6. The minimum atomic E-state index is -0.175. The van der Waals surface area contributed by atoms with Gasteiger partial charge in [0.25, 0.3) is 0 Å². The molecule has 0 heterocycles. The summed E-state index contributed by atoms with van der Waals surface area (Å²) in [5, 5.41) is 3.45. The van der Waals surface area contributed by atoms with Crippen molar-refractivity contribution in [3.05, 3.63) is 34.1 Å². The number of unbranched alkanes of at least 4 members (excludes halogenated alkanes) is 4. The Morgan fingerprint density at radius 1 is 1.16 bits per heavy atom. The second-order valence-corrected chi connectivity index (χ2v) is 5.84. The summed E-state index contributed by atoms with van der Waals surface area (Å²) in [5.41, 5.74) is 1.05. The molecular weight excluding hydrogens is 305 g/mol. The van der Waals surface area contributed by atoms with E-state index in [1.54, 1.807) is 12.1 Å². The maximum atomic E-state index is 13.6. The van der Waals surface area contributed by atoms with E-state index in [0.29, 0.717) is 4.47 Å². The Labute approximate surface area is 125 Å². The first-order chi connectivity index (χ1) is 9.19. The van der Waals surface area contributed by atoms with Crippen LogP contribution in [0.15, 0.2) is 22.7 Å². The molecule has 0 amide bonds. The molecule has 0 bridgehead atoms. The van der Waals surface area contributed by atoms with Crippen LogP contribution in [0.4, 0.5) is 4.39 Å². The SMILES string of the molecule is CCCCCCCC(NCC)c1ccc(Br)c(F)c1. The fourth-order valence-corrected chi connectivity index (χ4v) is 2.56. The zero-order chi connectivity index (χ0) is 14.1. The van der Waals surface area contributed by atoms with Gasteiger partial charge in [-0.1, -0.05) is 52.0 Å². The largest absolute Gasteiger partial charge is 0.310 e. The molecule has 1 aromatic carbocycles. The number of benzene rings is 1. The van der Waals surface area contributed by atoms with E-state index in [0.717, 1.165) is 18.5 Å². The highest BCUT2D eigenvalue weighted by Gasteiger charge is 2.11. The highest BCUT2D eigenvalue weighted by Crippen LogP contribution is 2.24. The van der Waals surface area contributed by atoms with Crippen LogP contribution in [0, 0.1) is 5.82 Å². The normalized spacial score (nSPS) is 12.6. The van der Waals surface area contributed by atoms with Gasteiger partial charge in [-0.05, 0) is 46.6 Å². The summed E-state index contributed by atoms with van der Waals surface area (Å²) >= 11 is 3.20. The van der Waals surface area contributed by atoms with Crippen LogP contribution in [0.1, 0.15) is 64.0 Å². The van der Waals surface area contributed by atoms with Gasteiger partial charge in [0.1, 0.15) is 5.82 Å². The molecule has 0 saturated heterocycles. The van der Waals surface area contributed by atoms with Crippen molar-refractivity contribution < 1.29 is 4.39 Å². The van der Waals surface area contributed by atoms with Crippen LogP contribution in [0.3, 0.4) is 0 Å². The maximum absolute atomic E-state index is 13.6. The van der Waals surface area contributed by atoms with Crippen molar-refractivity contribution in [2.45, 2.75) is 58.4 Å². The van der Waals surface area contributed by atoms with Crippen molar-refractivity contribution in [1.82, 2.24) is 5.32 Å².